The molecule has 1 heterocycles. The fraction of sp³-hybridized carbons (Fsp3) is 0.143. The highest BCUT2D eigenvalue weighted by Gasteiger charge is 2.11. The van der Waals surface area contributed by atoms with Crippen molar-refractivity contribution in [1.82, 2.24) is 4.57 Å². The van der Waals surface area contributed by atoms with E-state index in [4.69, 9.17) is 34.2 Å². The van der Waals surface area contributed by atoms with E-state index in [2.05, 4.69) is 5.32 Å². The molecule has 0 aliphatic carbocycles. The zero-order valence-electron chi connectivity index (χ0n) is 10.9. The van der Waals surface area contributed by atoms with E-state index in [1.807, 2.05) is 6.07 Å². The summed E-state index contributed by atoms with van der Waals surface area (Å²) >= 11 is 11.8. The first-order chi connectivity index (χ1) is 10.0. The maximum absolute atomic E-state index is 11.9. The molecule has 108 valence electrons. The normalized spacial score (nSPS) is 10.1. The highest BCUT2D eigenvalue weighted by atomic mass is 35.5. The summed E-state index contributed by atoms with van der Waals surface area (Å²) in [4.78, 5) is 11.9. The number of aromatic nitrogens is 1. The van der Waals surface area contributed by atoms with E-state index in [0.29, 0.717) is 28.6 Å². The summed E-state index contributed by atoms with van der Waals surface area (Å²) in [5.74, 6) is -0.247. The highest BCUT2D eigenvalue weighted by Crippen LogP contribution is 2.32. The van der Waals surface area contributed by atoms with Gasteiger partial charge in [-0.15, -0.1) is 0 Å². The molecule has 0 radical (unpaired) electrons. The molecule has 1 aromatic carbocycles. The van der Waals surface area contributed by atoms with Gasteiger partial charge in [0.1, 0.15) is 11.8 Å². The Bertz CT molecular complexity index is 695. The number of nitrogens with one attached hydrogen (secondary N) is 1. The molecule has 0 saturated heterocycles. The summed E-state index contributed by atoms with van der Waals surface area (Å²) in [6.45, 7) is 0.396. The largest absolute Gasteiger partial charge is 0.397 e. The first kappa shape index (κ1) is 15.2. The number of nitrogens with zero attached hydrogens (tertiary/aromatic N) is 2. The van der Waals surface area contributed by atoms with Crippen LogP contribution < -0.4 is 11.1 Å². The fourth-order valence-electron chi connectivity index (χ4n) is 1.86. The molecule has 2 aromatic rings. The van der Waals surface area contributed by atoms with Gasteiger partial charge in [0, 0.05) is 24.2 Å². The van der Waals surface area contributed by atoms with Gasteiger partial charge in [-0.2, -0.15) is 5.26 Å². The number of nitrogens with two attached hydrogens (primary N) is 1. The van der Waals surface area contributed by atoms with Crippen molar-refractivity contribution in [2.75, 3.05) is 11.1 Å². The number of nitriles is 1. The Morgan fingerprint density at radius 1 is 1.43 bits per heavy atom. The molecule has 2 rings (SSSR count). The van der Waals surface area contributed by atoms with Crippen LogP contribution in [0.4, 0.5) is 11.4 Å². The van der Waals surface area contributed by atoms with Gasteiger partial charge in [0.15, 0.2) is 0 Å². The number of rotatable bonds is 4. The molecule has 0 atom stereocenters. The van der Waals surface area contributed by atoms with Gasteiger partial charge < -0.3 is 15.6 Å². The number of carbonyl (C=O) groups excluding carboxylic acids is 1. The lowest BCUT2D eigenvalue weighted by Crippen LogP contribution is -2.16. The van der Waals surface area contributed by atoms with Crippen LogP contribution in [-0.4, -0.2) is 10.5 Å². The van der Waals surface area contributed by atoms with Crippen LogP contribution in [0.1, 0.15) is 12.1 Å². The Morgan fingerprint density at radius 2 is 2.19 bits per heavy atom. The summed E-state index contributed by atoms with van der Waals surface area (Å²) in [5, 5.41) is 12.2. The summed E-state index contributed by atoms with van der Waals surface area (Å²) in [5.41, 5.74) is 6.93. The van der Waals surface area contributed by atoms with Crippen molar-refractivity contribution in [3.63, 3.8) is 0 Å². The quantitative estimate of drug-likeness (QED) is 0.847. The van der Waals surface area contributed by atoms with Crippen molar-refractivity contribution >= 4 is 40.5 Å². The third-order valence-corrected chi connectivity index (χ3v) is 3.39. The van der Waals surface area contributed by atoms with Crippen LogP contribution in [0.2, 0.25) is 10.0 Å². The van der Waals surface area contributed by atoms with Crippen molar-refractivity contribution in [3.05, 3.63) is 46.2 Å². The molecule has 5 nitrogen and oxygen atoms in total. The van der Waals surface area contributed by atoms with Crippen LogP contribution >= 0.6 is 23.2 Å². The maximum Gasteiger partial charge on any atom is 0.226 e. The monoisotopic (exact) mass is 322 g/mol. The van der Waals surface area contributed by atoms with Gasteiger partial charge in [0.05, 0.1) is 16.4 Å². The Kier molecular flexibility index (Phi) is 4.73. The number of anilines is 2. The molecule has 0 fully saturated rings. The van der Waals surface area contributed by atoms with Crippen LogP contribution in [0.5, 0.6) is 0 Å². The third-order valence-electron chi connectivity index (χ3n) is 2.87. The van der Waals surface area contributed by atoms with E-state index in [-0.39, 0.29) is 17.4 Å². The molecular formula is C14H12Cl2N4O. The standard InChI is InChI=1S/C14H12Cl2N4O/c15-9-6-11(16)14(12(18)7-9)19-13(21)3-5-20-4-1-2-10(20)8-17/h1-2,4,6-7H,3,5,18H2,(H,19,21). The van der Waals surface area contributed by atoms with Crippen molar-refractivity contribution in [2.45, 2.75) is 13.0 Å². The van der Waals surface area contributed by atoms with Gasteiger partial charge in [-0.05, 0) is 24.3 Å². The molecule has 0 saturated carbocycles. The predicted molar refractivity (Wildman–Crippen MR) is 83.3 cm³/mol. The molecule has 0 aliphatic rings. The fourth-order valence-corrected chi connectivity index (χ4v) is 2.42. The molecule has 0 bridgehead atoms. The number of nitrogen functional groups attached to an aromatic ring is 1. The third kappa shape index (κ3) is 3.69. The zero-order valence-corrected chi connectivity index (χ0v) is 12.4. The van der Waals surface area contributed by atoms with Crippen LogP contribution in [0, 0.1) is 11.3 Å². The molecule has 0 spiro atoms. The zero-order chi connectivity index (χ0) is 15.4. The summed E-state index contributed by atoms with van der Waals surface area (Å²) in [6.07, 6.45) is 1.94. The second-order valence-corrected chi connectivity index (χ2v) is 5.19. The topological polar surface area (TPSA) is 83.8 Å². The van der Waals surface area contributed by atoms with Crippen LogP contribution in [0.25, 0.3) is 0 Å². The van der Waals surface area contributed by atoms with Crippen LogP contribution in [0.15, 0.2) is 30.5 Å². The van der Waals surface area contributed by atoms with Crippen molar-refractivity contribution in [3.8, 4) is 6.07 Å². The molecule has 0 aliphatic heterocycles. The number of benzene rings is 1. The van der Waals surface area contributed by atoms with Crippen LogP contribution in [0.3, 0.4) is 0 Å². The second-order valence-electron chi connectivity index (χ2n) is 4.35. The minimum absolute atomic E-state index is 0.196. The van der Waals surface area contributed by atoms with Gasteiger partial charge in [0.2, 0.25) is 5.91 Å². The molecule has 7 heteroatoms. The number of hydrogen-bond donors (Lipinski definition) is 2. The summed E-state index contributed by atoms with van der Waals surface area (Å²) in [7, 11) is 0. The number of aryl methyl sites for hydroxylation is 1. The van der Waals surface area contributed by atoms with E-state index in [9.17, 15) is 4.79 Å². The molecule has 3 N–H and O–H groups in total. The Labute approximate surface area is 131 Å². The van der Waals surface area contributed by atoms with Crippen molar-refractivity contribution < 1.29 is 4.79 Å². The Morgan fingerprint density at radius 3 is 2.86 bits per heavy atom. The van der Waals surface area contributed by atoms with Crippen LogP contribution in [-0.2, 0) is 11.3 Å². The summed E-state index contributed by atoms with van der Waals surface area (Å²) < 4.78 is 1.70. The van der Waals surface area contributed by atoms with E-state index in [1.165, 1.54) is 12.1 Å². The lowest BCUT2D eigenvalue weighted by Gasteiger charge is -2.11. The average Bonchev–Trinajstić information content (AvgIpc) is 2.88. The van der Waals surface area contributed by atoms with E-state index in [0.717, 1.165) is 0 Å². The lowest BCUT2D eigenvalue weighted by atomic mass is 10.2. The van der Waals surface area contributed by atoms with Gasteiger partial charge in [-0.3, -0.25) is 4.79 Å². The molecule has 21 heavy (non-hydrogen) atoms. The van der Waals surface area contributed by atoms with E-state index in [1.54, 1.807) is 22.9 Å². The molecule has 1 amide bonds. The molecule has 0 unspecified atom stereocenters. The van der Waals surface area contributed by atoms with Gasteiger partial charge in [0.25, 0.3) is 0 Å². The smallest absolute Gasteiger partial charge is 0.226 e. The summed E-state index contributed by atoms with van der Waals surface area (Å²) in [6, 6.07) is 8.52. The van der Waals surface area contributed by atoms with Gasteiger partial charge in [-0.1, -0.05) is 23.2 Å². The average molecular weight is 323 g/mol. The van der Waals surface area contributed by atoms with Crippen molar-refractivity contribution in [2.24, 2.45) is 0 Å². The Balaban J connectivity index is 2.02. The highest BCUT2D eigenvalue weighted by molar-refractivity contribution is 6.37. The van der Waals surface area contributed by atoms with E-state index < -0.39 is 0 Å². The number of halogens is 2. The second kappa shape index (κ2) is 6.53. The number of amides is 1. The number of hydrogen-bond acceptors (Lipinski definition) is 3. The Hall–Kier alpha value is -2.16. The SMILES string of the molecule is N#Cc1cccn1CCC(=O)Nc1c(N)cc(Cl)cc1Cl. The number of carbonyl (C=O) groups is 1. The minimum Gasteiger partial charge on any atom is -0.397 e. The lowest BCUT2D eigenvalue weighted by molar-refractivity contribution is -0.116. The van der Waals surface area contributed by atoms with Gasteiger partial charge >= 0.3 is 0 Å². The molecule has 1 aromatic heterocycles. The molecular weight excluding hydrogens is 311 g/mol. The first-order valence-electron chi connectivity index (χ1n) is 6.11. The maximum atomic E-state index is 11.9. The predicted octanol–water partition coefficient (Wildman–Crippen LogP) is 3.28. The minimum atomic E-state index is -0.247. The van der Waals surface area contributed by atoms with Gasteiger partial charge in [-0.25, -0.2) is 0 Å². The van der Waals surface area contributed by atoms with Crippen molar-refractivity contribution in [1.29, 1.82) is 5.26 Å². The van der Waals surface area contributed by atoms with E-state index >= 15 is 0 Å². The first-order valence-corrected chi connectivity index (χ1v) is 6.86.